The summed E-state index contributed by atoms with van der Waals surface area (Å²) in [7, 11) is 1.69. The monoisotopic (exact) mass is 434 g/mol. The molecule has 8 heteroatoms. The summed E-state index contributed by atoms with van der Waals surface area (Å²) in [5.74, 6) is -0.651. The highest BCUT2D eigenvalue weighted by Crippen LogP contribution is 2.27. The van der Waals surface area contributed by atoms with Crippen molar-refractivity contribution in [1.29, 1.82) is 5.26 Å². The highest BCUT2D eigenvalue weighted by atomic mass is 16.5. The molecule has 0 aliphatic carbocycles. The topological polar surface area (TPSA) is 109 Å². The van der Waals surface area contributed by atoms with Crippen molar-refractivity contribution in [2.24, 2.45) is 7.05 Å². The Hall–Kier alpha value is -3.41. The number of ether oxygens (including phenoxy) is 1. The molecule has 0 radical (unpaired) electrons. The average Bonchev–Trinajstić information content (AvgIpc) is 2.98. The van der Waals surface area contributed by atoms with Crippen LogP contribution in [0.25, 0.3) is 22.2 Å². The number of benzene rings is 2. The van der Waals surface area contributed by atoms with E-state index in [4.69, 9.17) is 9.15 Å². The van der Waals surface area contributed by atoms with E-state index in [9.17, 15) is 14.9 Å². The van der Waals surface area contributed by atoms with Gasteiger partial charge in [-0.2, -0.15) is 5.26 Å². The predicted molar refractivity (Wildman–Crippen MR) is 120 cm³/mol. The molecule has 2 heterocycles. The summed E-state index contributed by atoms with van der Waals surface area (Å²) < 4.78 is 12.4. The number of aryl methyl sites for hydroxylation is 2. The summed E-state index contributed by atoms with van der Waals surface area (Å²) in [6, 6.07) is 13.3. The summed E-state index contributed by atoms with van der Waals surface area (Å²) in [5, 5.41) is 15.5. The number of nitrogens with zero attached hydrogens (tertiary/aromatic N) is 2. The third-order valence-corrected chi connectivity index (χ3v) is 5.72. The second-order valence-corrected chi connectivity index (χ2v) is 8.08. The molecule has 1 aliphatic heterocycles. The third kappa shape index (κ3) is 4.59. The minimum atomic E-state index is -0.640. The Morgan fingerprint density at radius 3 is 2.84 bits per heavy atom. The highest BCUT2D eigenvalue weighted by molar-refractivity contribution is 5.84. The summed E-state index contributed by atoms with van der Waals surface area (Å²) in [5.41, 5.74) is 5.13. The Balaban J connectivity index is 1.47. The van der Waals surface area contributed by atoms with Crippen LogP contribution in [0.15, 0.2) is 45.6 Å². The molecule has 1 fully saturated rings. The van der Waals surface area contributed by atoms with Crippen molar-refractivity contribution in [1.82, 2.24) is 15.2 Å². The first kappa shape index (κ1) is 21.8. The van der Waals surface area contributed by atoms with Crippen LogP contribution in [0.2, 0.25) is 0 Å². The summed E-state index contributed by atoms with van der Waals surface area (Å²) >= 11 is 0. The van der Waals surface area contributed by atoms with Crippen molar-refractivity contribution in [3.8, 4) is 17.2 Å². The fourth-order valence-electron chi connectivity index (χ4n) is 3.90. The Morgan fingerprint density at radius 1 is 1.31 bits per heavy atom. The van der Waals surface area contributed by atoms with E-state index < -0.39 is 12.1 Å². The molecule has 2 N–H and O–H groups in total. The number of amides is 1. The summed E-state index contributed by atoms with van der Waals surface area (Å²) in [6.45, 7) is 3.71. The van der Waals surface area contributed by atoms with Gasteiger partial charge in [0.1, 0.15) is 12.1 Å². The molecule has 1 aliphatic rings. The molecule has 2 atom stereocenters. The van der Waals surface area contributed by atoms with E-state index in [1.54, 1.807) is 7.05 Å². The summed E-state index contributed by atoms with van der Waals surface area (Å²) in [6.07, 6.45) is 0.686. The van der Waals surface area contributed by atoms with E-state index >= 15 is 0 Å². The minimum Gasteiger partial charge on any atom is -0.407 e. The highest BCUT2D eigenvalue weighted by Gasteiger charge is 2.23. The number of rotatable bonds is 5. The van der Waals surface area contributed by atoms with Crippen molar-refractivity contribution in [3.05, 3.63) is 58.1 Å². The maximum atomic E-state index is 12.5. The van der Waals surface area contributed by atoms with Gasteiger partial charge in [0.25, 0.3) is 5.91 Å². The van der Waals surface area contributed by atoms with Gasteiger partial charge < -0.3 is 19.8 Å². The van der Waals surface area contributed by atoms with Crippen LogP contribution in [0.4, 0.5) is 0 Å². The predicted octanol–water partition coefficient (Wildman–Crippen LogP) is 2.04. The number of hydrogen-bond donors (Lipinski definition) is 2. The van der Waals surface area contributed by atoms with Gasteiger partial charge in [-0.15, -0.1) is 0 Å². The Kier molecular flexibility index (Phi) is 6.40. The molecule has 4 rings (SSSR count). The number of aromatic nitrogens is 1. The Morgan fingerprint density at radius 2 is 2.09 bits per heavy atom. The van der Waals surface area contributed by atoms with Crippen molar-refractivity contribution in [3.63, 3.8) is 0 Å². The van der Waals surface area contributed by atoms with Crippen molar-refractivity contribution >= 4 is 17.0 Å². The number of oxazole rings is 1. The van der Waals surface area contributed by atoms with Gasteiger partial charge in [-0.05, 0) is 54.3 Å². The molecule has 32 heavy (non-hydrogen) atoms. The molecule has 1 amide bonds. The molecule has 0 bridgehead atoms. The van der Waals surface area contributed by atoms with Crippen molar-refractivity contribution < 1.29 is 13.9 Å². The first-order chi connectivity index (χ1) is 15.5. The van der Waals surface area contributed by atoms with Gasteiger partial charge in [0, 0.05) is 26.6 Å². The van der Waals surface area contributed by atoms with E-state index in [-0.39, 0.29) is 11.7 Å². The van der Waals surface area contributed by atoms with Crippen LogP contribution in [-0.4, -0.2) is 42.3 Å². The van der Waals surface area contributed by atoms with Crippen LogP contribution in [0.3, 0.4) is 0 Å². The zero-order chi connectivity index (χ0) is 22.7. The fraction of sp³-hybridized carbons (Fsp3) is 0.375. The molecule has 8 nitrogen and oxygen atoms in total. The van der Waals surface area contributed by atoms with Crippen LogP contribution in [0, 0.1) is 18.3 Å². The van der Waals surface area contributed by atoms with Gasteiger partial charge in [-0.3, -0.25) is 9.36 Å². The quantitative estimate of drug-likeness (QED) is 0.636. The van der Waals surface area contributed by atoms with Gasteiger partial charge in [0.05, 0.1) is 11.6 Å². The molecule has 0 saturated carbocycles. The second-order valence-electron chi connectivity index (χ2n) is 8.08. The number of hydrogen-bond acceptors (Lipinski definition) is 6. The molecule has 1 saturated heterocycles. The lowest BCUT2D eigenvalue weighted by Crippen LogP contribution is -2.46. The van der Waals surface area contributed by atoms with Gasteiger partial charge in [-0.25, -0.2) is 4.79 Å². The molecule has 166 valence electrons. The number of nitrogens with one attached hydrogen (secondary N) is 2. The fourth-order valence-corrected chi connectivity index (χ4v) is 3.90. The first-order valence-electron chi connectivity index (χ1n) is 10.7. The van der Waals surface area contributed by atoms with Crippen molar-refractivity contribution in [2.45, 2.75) is 31.9 Å². The van der Waals surface area contributed by atoms with Gasteiger partial charge in [0.15, 0.2) is 5.58 Å². The van der Waals surface area contributed by atoms with E-state index in [0.29, 0.717) is 25.2 Å². The van der Waals surface area contributed by atoms with E-state index in [2.05, 4.69) is 16.7 Å². The lowest BCUT2D eigenvalue weighted by molar-refractivity contribution is -0.132. The molecule has 1 aromatic heterocycles. The van der Waals surface area contributed by atoms with E-state index in [1.807, 2.05) is 43.3 Å². The molecule has 1 unspecified atom stereocenters. The van der Waals surface area contributed by atoms with E-state index in [1.165, 1.54) is 4.57 Å². The van der Waals surface area contributed by atoms with Crippen LogP contribution < -0.4 is 16.4 Å². The SMILES string of the molecule is Cc1cc(-c2ccc(C[C@@H](C#N)NC(=O)C3CNCCCO3)cc2)cc2c1oc(=O)n2C. The van der Waals surface area contributed by atoms with Crippen LogP contribution in [0.1, 0.15) is 17.5 Å². The molecule has 2 aromatic carbocycles. The second kappa shape index (κ2) is 9.39. The zero-order valence-corrected chi connectivity index (χ0v) is 18.2. The van der Waals surface area contributed by atoms with Crippen LogP contribution >= 0.6 is 0 Å². The first-order valence-corrected chi connectivity index (χ1v) is 10.7. The largest absolute Gasteiger partial charge is 0.419 e. The molecule has 0 spiro atoms. The van der Waals surface area contributed by atoms with Crippen LogP contribution in [0.5, 0.6) is 0 Å². The lowest BCUT2D eigenvalue weighted by atomic mass is 9.99. The maximum Gasteiger partial charge on any atom is 0.419 e. The lowest BCUT2D eigenvalue weighted by Gasteiger charge is -2.18. The number of carbonyl (C=O) groups is 1. The van der Waals surface area contributed by atoms with E-state index in [0.717, 1.165) is 40.7 Å². The van der Waals surface area contributed by atoms with Gasteiger partial charge in [-0.1, -0.05) is 24.3 Å². The molecule has 3 aromatic rings. The average molecular weight is 434 g/mol. The standard InChI is InChI=1S/C24H26N4O4/c1-15-10-18(12-20-22(15)32-24(30)28(20)2)17-6-4-16(5-7-17)11-19(13-25)27-23(29)21-14-26-8-3-9-31-21/h4-7,10,12,19,21,26H,3,8-9,11,14H2,1-2H3,(H,27,29)/t19-,21?/m0/s1. The maximum absolute atomic E-state index is 12.5. The minimum absolute atomic E-state index is 0.267. The molecular formula is C24H26N4O4. The number of carbonyl (C=O) groups excluding carboxylic acids is 1. The van der Waals surface area contributed by atoms with Crippen LogP contribution in [-0.2, 0) is 23.0 Å². The third-order valence-electron chi connectivity index (χ3n) is 5.72. The normalized spacial score (nSPS) is 17.5. The summed E-state index contributed by atoms with van der Waals surface area (Å²) in [4.78, 5) is 24.3. The Bertz CT molecular complexity index is 1210. The number of nitriles is 1. The van der Waals surface area contributed by atoms with Crippen molar-refractivity contribution in [2.75, 3.05) is 19.7 Å². The zero-order valence-electron chi connectivity index (χ0n) is 18.2. The molecular weight excluding hydrogens is 408 g/mol. The smallest absolute Gasteiger partial charge is 0.407 e. The Labute approximate surface area is 185 Å². The van der Waals surface area contributed by atoms with Gasteiger partial charge in [0.2, 0.25) is 0 Å². The van der Waals surface area contributed by atoms with Gasteiger partial charge >= 0.3 is 5.76 Å². The number of fused-ring (bicyclic) bond motifs is 1.